The van der Waals surface area contributed by atoms with Crippen LogP contribution in [0.4, 0.5) is 11.4 Å². The topological polar surface area (TPSA) is 88.0 Å². The van der Waals surface area contributed by atoms with Crippen LogP contribution < -0.4 is 5.32 Å². The van der Waals surface area contributed by atoms with Crippen LogP contribution in [0.15, 0.2) is 35.7 Å². The number of hydrogen-bond donors (Lipinski definition) is 1. The molecule has 1 saturated heterocycles. The molecule has 150 valence electrons. The number of hydrogen-bond acceptors (Lipinski definition) is 7. The average molecular weight is 404 g/mol. The summed E-state index contributed by atoms with van der Waals surface area (Å²) < 4.78 is 5.26. The number of amides is 1. The first kappa shape index (κ1) is 20.2. The smallest absolute Gasteiger partial charge is 0.293 e. The Morgan fingerprint density at radius 1 is 1.36 bits per heavy atom. The molecule has 1 aliphatic heterocycles. The van der Waals surface area contributed by atoms with Gasteiger partial charge in [-0.1, -0.05) is 6.07 Å². The Morgan fingerprint density at radius 3 is 2.71 bits per heavy atom. The van der Waals surface area contributed by atoms with Crippen molar-refractivity contribution in [2.45, 2.75) is 6.04 Å². The Kier molecular flexibility index (Phi) is 6.61. The normalized spacial score (nSPS) is 15.5. The molecule has 1 aliphatic rings. The molecule has 1 unspecified atom stereocenters. The lowest BCUT2D eigenvalue weighted by Crippen LogP contribution is -2.40. The Balaban J connectivity index is 1.77. The maximum Gasteiger partial charge on any atom is 0.293 e. The molecule has 3 rings (SSSR count). The highest BCUT2D eigenvalue weighted by molar-refractivity contribution is 7.10. The third-order valence-corrected chi connectivity index (χ3v) is 5.69. The second kappa shape index (κ2) is 9.13. The van der Waals surface area contributed by atoms with E-state index in [-0.39, 0.29) is 17.6 Å². The molecular formula is C19H24N4O4S. The van der Waals surface area contributed by atoms with Crippen LogP contribution in [0.5, 0.6) is 0 Å². The molecule has 0 spiro atoms. The molecule has 1 fully saturated rings. The van der Waals surface area contributed by atoms with Gasteiger partial charge in [0.05, 0.1) is 24.2 Å². The molecule has 0 saturated carbocycles. The number of benzene rings is 1. The number of nitrogens with one attached hydrogen (secondary N) is 1. The summed E-state index contributed by atoms with van der Waals surface area (Å²) in [6.45, 7) is 2.49. The lowest BCUT2D eigenvalue weighted by molar-refractivity contribution is -0.384. The zero-order chi connectivity index (χ0) is 20.1. The molecule has 2 aromatic rings. The van der Waals surface area contributed by atoms with Crippen molar-refractivity contribution in [1.82, 2.24) is 9.80 Å². The summed E-state index contributed by atoms with van der Waals surface area (Å²) in [6, 6.07) is 8.75. The lowest BCUT2D eigenvalue weighted by Gasteiger charge is -2.27. The minimum atomic E-state index is -0.450. The number of thiophene rings is 1. The van der Waals surface area contributed by atoms with Crippen molar-refractivity contribution in [2.24, 2.45) is 0 Å². The molecule has 0 aliphatic carbocycles. The first-order chi connectivity index (χ1) is 13.5. The fraction of sp³-hybridized carbons (Fsp3) is 0.421. The molecule has 1 N–H and O–H groups in total. The van der Waals surface area contributed by atoms with Crippen molar-refractivity contribution >= 4 is 28.6 Å². The molecular weight excluding hydrogens is 380 g/mol. The zero-order valence-corrected chi connectivity index (χ0v) is 16.8. The van der Waals surface area contributed by atoms with Crippen molar-refractivity contribution in [1.29, 1.82) is 0 Å². The van der Waals surface area contributed by atoms with E-state index in [2.05, 4.69) is 16.3 Å². The van der Waals surface area contributed by atoms with Gasteiger partial charge in [0.15, 0.2) is 0 Å². The van der Waals surface area contributed by atoms with E-state index in [1.165, 1.54) is 10.9 Å². The van der Waals surface area contributed by atoms with Crippen molar-refractivity contribution in [3.05, 3.63) is 56.3 Å². The number of carbonyl (C=O) groups is 1. The second-order valence-corrected chi connectivity index (χ2v) is 7.75. The molecule has 1 aromatic carbocycles. The predicted octanol–water partition coefficient (Wildman–Crippen LogP) is 2.84. The van der Waals surface area contributed by atoms with Crippen LogP contribution in [-0.2, 0) is 4.74 Å². The third kappa shape index (κ3) is 4.67. The van der Waals surface area contributed by atoms with Gasteiger partial charge >= 0.3 is 0 Å². The summed E-state index contributed by atoms with van der Waals surface area (Å²) in [7, 11) is 3.95. The molecule has 1 amide bonds. The maximum atomic E-state index is 12.6. The predicted molar refractivity (Wildman–Crippen MR) is 109 cm³/mol. The quantitative estimate of drug-likeness (QED) is 0.564. The van der Waals surface area contributed by atoms with Crippen LogP contribution in [-0.4, -0.2) is 67.6 Å². The summed E-state index contributed by atoms with van der Waals surface area (Å²) in [5.41, 5.74) is 0.635. The van der Waals surface area contributed by atoms with Gasteiger partial charge in [0.2, 0.25) is 0 Å². The molecule has 28 heavy (non-hydrogen) atoms. The number of nitro groups is 1. The van der Waals surface area contributed by atoms with Gasteiger partial charge in [-0.05, 0) is 37.7 Å². The minimum Gasteiger partial charge on any atom is -0.378 e. The highest BCUT2D eigenvalue weighted by atomic mass is 32.1. The van der Waals surface area contributed by atoms with Gasteiger partial charge < -0.3 is 19.9 Å². The summed E-state index contributed by atoms with van der Waals surface area (Å²) in [5.74, 6) is -0.206. The van der Waals surface area contributed by atoms with Gasteiger partial charge in [-0.15, -0.1) is 11.3 Å². The van der Waals surface area contributed by atoms with E-state index < -0.39 is 4.92 Å². The monoisotopic (exact) mass is 404 g/mol. The number of nitro benzene ring substituents is 1. The van der Waals surface area contributed by atoms with E-state index in [0.29, 0.717) is 44.1 Å². The molecule has 2 heterocycles. The van der Waals surface area contributed by atoms with Gasteiger partial charge in [-0.3, -0.25) is 14.9 Å². The minimum absolute atomic E-state index is 0.0919. The van der Waals surface area contributed by atoms with Gasteiger partial charge in [0.1, 0.15) is 5.69 Å². The van der Waals surface area contributed by atoms with E-state index in [9.17, 15) is 14.9 Å². The first-order valence-electron chi connectivity index (χ1n) is 9.06. The van der Waals surface area contributed by atoms with Crippen LogP contribution >= 0.6 is 11.3 Å². The van der Waals surface area contributed by atoms with Gasteiger partial charge in [-0.25, -0.2) is 0 Å². The van der Waals surface area contributed by atoms with E-state index in [1.807, 2.05) is 25.5 Å². The van der Waals surface area contributed by atoms with Crippen LogP contribution in [0, 0.1) is 10.1 Å². The average Bonchev–Trinajstić information content (AvgIpc) is 3.22. The fourth-order valence-electron chi connectivity index (χ4n) is 3.14. The van der Waals surface area contributed by atoms with E-state index in [4.69, 9.17) is 4.74 Å². The zero-order valence-electron chi connectivity index (χ0n) is 16.0. The molecule has 9 heteroatoms. The number of rotatable bonds is 7. The van der Waals surface area contributed by atoms with E-state index >= 15 is 0 Å². The first-order valence-corrected chi connectivity index (χ1v) is 9.94. The molecule has 1 aromatic heterocycles. The lowest BCUT2D eigenvalue weighted by atomic mass is 10.1. The third-order valence-electron chi connectivity index (χ3n) is 4.72. The number of nitrogens with zero attached hydrogens (tertiary/aromatic N) is 3. The SMILES string of the molecule is CN(C)C(CNc1ccc(C(=O)N2CCOCC2)cc1[N+](=O)[O-])c1cccs1. The van der Waals surface area contributed by atoms with Crippen molar-refractivity contribution in [3.8, 4) is 0 Å². The van der Waals surface area contributed by atoms with E-state index in [1.54, 1.807) is 28.4 Å². The standard InChI is InChI=1S/C19H24N4O4S/c1-21(2)17(18-4-3-11-28-18)13-20-15-6-5-14(12-16(15)23(25)26)19(24)22-7-9-27-10-8-22/h3-6,11-12,17,20H,7-10,13H2,1-2H3. The largest absolute Gasteiger partial charge is 0.378 e. The molecule has 8 nitrogen and oxygen atoms in total. The van der Waals surface area contributed by atoms with Crippen LogP contribution in [0.25, 0.3) is 0 Å². The Labute approximate surface area is 167 Å². The number of anilines is 1. The number of ether oxygens (including phenoxy) is 1. The molecule has 0 bridgehead atoms. The van der Waals surface area contributed by atoms with Gasteiger partial charge in [0, 0.05) is 36.1 Å². The summed E-state index contributed by atoms with van der Waals surface area (Å²) in [4.78, 5) is 28.7. The van der Waals surface area contributed by atoms with Gasteiger partial charge in [-0.2, -0.15) is 0 Å². The van der Waals surface area contributed by atoms with Crippen LogP contribution in [0.1, 0.15) is 21.3 Å². The van der Waals surface area contributed by atoms with Crippen molar-refractivity contribution < 1.29 is 14.5 Å². The van der Waals surface area contributed by atoms with Crippen LogP contribution in [0.3, 0.4) is 0 Å². The summed E-state index contributed by atoms with van der Waals surface area (Å²) >= 11 is 1.65. The van der Waals surface area contributed by atoms with Crippen molar-refractivity contribution in [3.63, 3.8) is 0 Å². The maximum absolute atomic E-state index is 12.6. The Bertz CT molecular complexity index is 819. The number of morpholine rings is 1. The Morgan fingerprint density at radius 2 is 2.11 bits per heavy atom. The highest BCUT2D eigenvalue weighted by Crippen LogP contribution is 2.29. The fourth-order valence-corrected chi connectivity index (χ4v) is 4.06. The molecule has 0 radical (unpaired) electrons. The van der Waals surface area contributed by atoms with Crippen molar-refractivity contribution in [2.75, 3.05) is 52.3 Å². The highest BCUT2D eigenvalue weighted by Gasteiger charge is 2.23. The summed E-state index contributed by atoms with van der Waals surface area (Å²) in [5, 5.41) is 16.8. The Hall–Kier alpha value is -2.49. The second-order valence-electron chi connectivity index (χ2n) is 6.77. The summed E-state index contributed by atoms with van der Waals surface area (Å²) in [6.07, 6.45) is 0. The van der Waals surface area contributed by atoms with Crippen LogP contribution in [0.2, 0.25) is 0 Å². The van der Waals surface area contributed by atoms with Gasteiger partial charge in [0.25, 0.3) is 11.6 Å². The number of likely N-dealkylation sites (N-methyl/N-ethyl adjacent to an activating group) is 1. The molecule has 1 atom stereocenters. The number of carbonyl (C=O) groups excluding carboxylic acids is 1. The van der Waals surface area contributed by atoms with E-state index in [0.717, 1.165) is 0 Å².